The monoisotopic (exact) mass is 342 g/mol. The first-order valence-electron chi connectivity index (χ1n) is 9.39. The number of amides is 1. The second-order valence-electron chi connectivity index (χ2n) is 5.64. The third-order valence-corrected chi connectivity index (χ3v) is 4.09. The van der Waals surface area contributed by atoms with E-state index >= 15 is 0 Å². The molecule has 0 aromatic rings. The minimum atomic E-state index is -0.295. The first-order chi connectivity index (χ1) is 11.6. The number of likely N-dealkylation sites (tertiary alicyclic amines) is 1. The van der Waals surface area contributed by atoms with E-state index in [0.717, 1.165) is 38.9 Å². The fourth-order valence-electron chi connectivity index (χ4n) is 2.81. The molecule has 0 saturated carbocycles. The predicted molar refractivity (Wildman–Crippen MR) is 98.8 cm³/mol. The van der Waals surface area contributed by atoms with Crippen molar-refractivity contribution in [3.05, 3.63) is 0 Å². The normalized spacial score (nSPS) is 16.5. The molecule has 24 heavy (non-hydrogen) atoms. The van der Waals surface area contributed by atoms with Crippen molar-refractivity contribution in [2.75, 3.05) is 33.4 Å². The van der Waals surface area contributed by atoms with Gasteiger partial charge in [-0.15, -0.1) is 0 Å². The maximum atomic E-state index is 11.5. The summed E-state index contributed by atoms with van der Waals surface area (Å²) < 4.78 is 10.1. The highest BCUT2D eigenvalue weighted by molar-refractivity contribution is 5.67. The quantitative estimate of drug-likeness (QED) is 0.646. The maximum absolute atomic E-state index is 11.5. The number of methoxy groups -OCH3 is 1. The van der Waals surface area contributed by atoms with Gasteiger partial charge in [-0.25, -0.2) is 4.79 Å². The Hall–Kier alpha value is -1.28. The Bertz CT molecular complexity index is 345. The Kier molecular flexibility index (Phi) is 15.9. The molecule has 0 spiro atoms. The van der Waals surface area contributed by atoms with Crippen molar-refractivity contribution in [1.29, 1.82) is 5.26 Å². The van der Waals surface area contributed by atoms with Crippen LogP contribution in [0.3, 0.4) is 0 Å². The largest absolute Gasteiger partial charge is 0.453 e. The van der Waals surface area contributed by atoms with Gasteiger partial charge < -0.3 is 14.4 Å². The van der Waals surface area contributed by atoms with E-state index in [0.29, 0.717) is 19.0 Å². The van der Waals surface area contributed by atoms with Crippen LogP contribution in [0.15, 0.2) is 0 Å². The van der Waals surface area contributed by atoms with Crippen molar-refractivity contribution in [2.24, 2.45) is 11.3 Å². The number of ether oxygens (including phenoxy) is 2. The van der Waals surface area contributed by atoms with E-state index in [1.54, 1.807) is 4.90 Å². The topological polar surface area (TPSA) is 62.6 Å². The second-order valence-corrected chi connectivity index (χ2v) is 5.64. The minimum absolute atomic E-state index is 0.291. The van der Waals surface area contributed by atoms with Gasteiger partial charge >= 0.3 is 6.09 Å². The van der Waals surface area contributed by atoms with Gasteiger partial charge in [0.15, 0.2) is 0 Å². The molecule has 0 aliphatic carbocycles. The summed E-state index contributed by atoms with van der Waals surface area (Å²) in [7, 11) is 1.39. The minimum Gasteiger partial charge on any atom is -0.453 e. The number of nitrogens with zero attached hydrogens (tertiary/aromatic N) is 2. The molecule has 1 atom stereocenters. The molecule has 1 unspecified atom stereocenters. The molecule has 5 nitrogen and oxygen atoms in total. The number of piperidine rings is 1. The average molecular weight is 343 g/mol. The van der Waals surface area contributed by atoms with Crippen molar-refractivity contribution in [1.82, 2.24) is 4.90 Å². The van der Waals surface area contributed by atoms with Crippen molar-refractivity contribution in [3.8, 4) is 6.07 Å². The molecule has 0 N–H and O–H groups in total. The lowest BCUT2D eigenvalue weighted by atomic mass is 9.73. The molecule has 1 rings (SSSR count). The van der Waals surface area contributed by atoms with E-state index in [-0.39, 0.29) is 11.5 Å². The van der Waals surface area contributed by atoms with Crippen LogP contribution in [0.1, 0.15) is 67.2 Å². The maximum Gasteiger partial charge on any atom is 0.409 e. The van der Waals surface area contributed by atoms with Crippen LogP contribution in [0.25, 0.3) is 0 Å². The third kappa shape index (κ3) is 9.12. The Labute approximate surface area is 149 Å². The van der Waals surface area contributed by atoms with Crippen LogP contribution in [0.2, 0.25) is 0 Å². The average Bonchev–Trinajstić information content (AvgIpc) is 2.65. The number of hydrogen-bond acceptors (Lipinski definition) is 4. The van der Waals surface area contributed by atoms with Crippen LogP contribution in [0.4, 0.5) is 4.79 Å². The van der Waals surface area contributed by atoms with Crippen LogP contribution in [0.5, 0.6) is 0 Å². The van der Waals surface area contributed by atoms with Gasteiger partial charge in [0, 0.05) is 26.3 Å². The van der Waals surface area contributed by atoms with Gasteiger partial charge in [-0.1, -0.05) is 34.6 Å². The number of hydrogen-bond donors (Lipinski definition) is 0. The van der Waals surface area contributed by atoms with Crippen molar-refractivity contribution in [2.45, 2.75) is 67.2 Å². The van der Waals surface area contributed by atoms with Crippen molar-refractivity contribution in [3.63, 3.8) is 0 Å². The number of carbonyl (C=O) groups is 1. The van der Waals surface area contributed by atoms with E-state index in [1.807, 2.05) is 34.6 Å². The lowest BCUT2D eigenvalue weighted by Crippen LogP contribution is -2.43. The lowest BCUT2D eigenvalue weighted by molar-refractivity contribution is 0.0824. The summed E-state index contributed by atoms with van der Waals surface area (Å²) in [6, 6.07) is 2.50. The fraction of sp³-hybridized carbons (Fsp3) is 0.895. The zero-order valence-electron chi connectivity index (χ0n) is 16.9. The molecule has 0 bridgehead atoms. The molecule has 1 aliphatic heterocycles. The molecule has 1 fully saturated rings. The summed E-state index contributed by atoms with van der Waals surface area (Å²) in [6.07, 6.45) is 3.04. The fourth-order valence-corrected chi connectivity index (χ4v) is 2.81. The molecule has 0 aromatic carbocycles. The van der Waals surface area contributed by atoms with E-state index < -0.39 is 0 Å². The zero-order valence-corrected chi connectivity index (χ0v) is 16.9. The Morgan fingerprint density at radius 2 is 1.79 bits per heavy atom. The summed E-state index contributed by atoms with van der Waals surface area (Å²) in [6.45, 7) is 14.9. The molecular formula is C19H38N2O3. The smallest absolute Gasteiger partial charge is 0.409 e. The Balaban J connectivity index is 0. The van der Waals surface area contributed by atoms with E-state index in [2.05, 4.69) is 13.0 Å². The van der Waals surface area contributed by atoms with Gasteiger partial charge in [0.25, 0.3) is 0 Å². The van der Waals surface area contributed by atoms with Gasteiger partial charge in [-0.3, -0.25) is 0 Å². The molecule has 0 aromatic heterocycles. The van der Waals surface area contributed by atoms with Gasteiger partial charge in [0.1, 0.15) is 0 Å². The standard InChI is InChI=1S/C15H26N2O3.2C2H6/c1-4-20-10-5-13(2)11-15(12-16)6-8-17(9-7-15)14(18)19-3;2*1-2/h13H,4-11H2,1-3H3;2*1-2H3. The van der Waals surface area contributed by atoms with Crippen LogP contribution < -0.4 is 0 Å². The van der Waals surface area contributed by atoms with E-state index in [1.165, 1.54) is 7.11 Å². The van der Waals surface area contributed by atoms with Crippen LogP contribution in [0, 0.1) is 22.7 Å². The van der Waals surface area contributed by atoms with Crippen LogP contribution >= 0.6 is 0 Å². The molecule has 0 radical (unpaired) electrons. The van der Waals surface area contributed by atoms with Gasteiger partial charge in [0.05, 0.1) is 18.6 Å². The molecule has 1 aliphatic rings. The SMILES string of the molecule is CC.CC.CCOCCC(C)CC1(C#N)CCN(C(=O)OC)CC1. The lowest BCUT2D eigenvalue weighted by Gasteiger charge is -2.37. The first kappa shape index (κ1) is 25.0. The second kappa shape index (κ2) is 15.3. The Morgan fingerprint density at radius 1 is 1.25 bits per heavy atom. The highest BCUT2D eigenvalue weighted by Crippen LogP contribution is 2.38. The van der Waals surface area contributed by atoms with E-state index in [9.17, 15) is 10.1 Å². The molecule has 1 heterocycles. The van der Waals surface area contributed by atoms with Crippen molar-refractivity contribution >= 4 is 6.09 Å². The molecule has 1 saturated heterocycles. The first-order valence-corrected chi connectivity index (χ1v) is 9.39. The van der Waals surface area contributed by atoms with Crippen molar-refractivity contribution < 1.29 is 14.3 Å². The summed E-state index contributed by atoms with van der Waals surface area (Å²) in [4.78, 5) is 13.1. The number of rotatable bonds is 6. The molecule has 142 valence electrons. The highest BCUT2D eigenvalue weighted by atomic mass is 16.5. The third-order valence-electron chi connectivity index (χ3n) is 4.09. The van der Waals surface area contributed by atoms with Gasteiger partial charge in [0.2, 0.25) is 0 Å². The number of carbonyl (C=O) groups excluding carboxylic acids is 1. The predicted octanol–water partition coefficient (Wildman–Crippen LogP) is 4.86. The summed E-state index contributed by atoms with van der Waals surface area (Å²) in [5.41, 5.74) is -0.295. The molecule has 5 heteroatoms. The number of nitriles is 1. The van der Waals surface area contributed by atoms with E-state index in [4.69, 9.17) is 9.47 Å². The highest BCUT2D eigenvalue weighted by Gasteiger charge is 2.37. The molecule has 1 amide bonds. The Morgan fingerprint density at radius 3 is 2.21 bits per heavy atom. The molecular weight excluding hydrogens is 304 g/mol. The van der Waals surface area contributed by atoms with Gasteiger partial charge in [-0.2, -0.15) is 5.26 Å². The van der Waals surface area contributed by atoms with Gasteiger partial charge in [-0.05, 0) is 38.5 Å². The zero-order chi connectivity index (χ0) is 19.0. The summed E-state index contributed by atoms with van der Waals surface area (Å²) in [5, 5.41) is 9.53. The summed E-state index contributed by atoms with van der Waals surface area (Å²) in [5.74, 6) is 0.464. The summed E-state index contributed by atoms with van der Waals surface area (Å²) >= 11 is 0. The van der Waals surface area contributed by atoms with Crippen LogP contribution in [-0.4, -0.2) is 44.4 Å². The van der Waals surface area contributed by atoms with Crippen LogP contribution in [-0.2, 0) is 9.47 Å².